The maximum Gasteiger partial charge on any atom is 0.211 e. The van der Waals surface area contributed by atoms with Gasteiger partial charge in [0.15, 0.2) is 0 Å². The highest BCUT2D eigenvalue weighted by molar-refractivity contribution is 6.15. The van der Waals surface area contributed by atoms with Crippen LogP contribution in [-0.4, -0.2) is 21.7 Å². The van der Waals surface area contributed by atoms with Gasteiger partial charge in [0.05, 0.1) is 23.5 Å². The molecule has 0 saturated carbocycles. The molecule has 1 aliphatic rings. The molecule has 23 heavy (non-hydrogen) atoms. The second-order valence-corrected chi connectivity index (χ2v) is 5.45. The number of fused-ring (bicyclic) bond motifs is 3. The zero-order chi connectivity index (χ0) is 15.8. The Bertz CT molecular complexity index is 924. The molecule has 1 aliphatic heterocycles. The molecular formula is C19H14N2O2. The molecule has 0 fully saturated rings. The van der Waals surface area contributed by atoms with E-state index >= 15 is 0 Å². The molecule has 3 aromatic rings. The fourth-order valence-electron chi connectivity index (χ4n) is 2.86. The van der Waals surface area contributed by atoms with E-state index in [0.717, 1.165) is 5.56 Å². The van der Waals surface area contributed by atoms with Crippen LogP contribution in [0.3, 0.4) is 0 Å². The van der Waals surface area contributed by atoms with Crippen LogP contribution >= 0.6 is 0 Å². The van der Waals surface area contributed by atoms with Crippen molar-refractivity contribution >= 4 is 12.0 Å². The first-order valence-corrected chi connectivity index (χ1v) is 7.38. The summed E-state index contributed by atoms with van der Waals surface area (Å²) in [6.45, 7) is 0.533. The van der Waals surface area contributed by atoms with Crippen molar-refractivity contribution in [3.8, 4) is 11.6 Å². The molecule has 0 bridgehead atoms. The van der Waals surface area contributed by atoms with Gasteiger partial charge in [-0.1, -0.05) is 42.5 Å². The third-order valence-corrected chi connectivity index (χ3v) is 3.97. The third-order valence-electron chi connectivity index (χ3n) is 3.97. The van der Waals surface area contributed by atoms with E-state index in [0.29, 0.717) is 29.1 Å². The number of hydrogen-bond donors (Lipinski definition) is 1. The molecule has 0 atom stereocenters. The van der Waals surface area contributed by atoms with Crippen molar-refractivity contribution in [2.75, 3.05) is 0 Å². The van der Waals surface area contributed by atoms with E-state index in [1.165, 1.54) is 0 Å². The number of hydrogen-bond acceptors (Lipinski definition) is 3. The first-order chi connectivity index (χ1) is 11.3. The number of ketones is 1. The molecule has 0 spiro atoms. The molecular weight excluding hydrogens is 288 g/mol. The summed E-state index contributed by atoms with van der Waals surface area (Å²) in [5, 5.41) is 10.4. The largest absolute Gasteiger partial charge is 0.494 e. The number of carbonyl (C=O) groups is 1. The van der Waals surface area contributed by atoms with E-state index in [4.69, 9.17) is 0 Å². The Morgan fingerprint density at radius 2 is 1.78 bits per heavy atom. The van der Waals surface area contributed by atoms with Gasteiger partial charge in [-0.3, -0.25) is 14.4 Å². The molecule has 0 radical (unpaired) electrons. The van der Waals surface area contributed by atoms with Crippen LogP contribution in [0.1, 0.15) is 27.2 Å². The average molecular weight is 302 g/mol. The topological polar surface area (TPSA) is 54.6 Å². The minimum atomic E-state index is -0.0707. The molecule has 1 N–H and O–H groups in total. The Hall–Kier alpha value is -3.14. The van der Waals surface area contributed by atoms with Crippen molar-refractivity contribution < 1.29 is 9.90 Å². The maximum atomic E-state index is 12.4. The molecule has 4 heteroatoms. The van der Waals surface area contributed by atoms with Gasteiger partial charge in [-0.15, -0.1) is 0 Å². The average Bonchev–Trinajstić information content (AvgIpc) is 3.06. The summed E-state index contributed by atoms with van der Waals surface area (Å²) in [6, 6.07) is 18.8. The summed E-state index contributed by atoms with van der Waals surface area (Å²) in [6.07, 6.45) is 1.61. The standard InChI is InChI=1S/C19H14N2O2/c22-18-15-8-4-5-9-16(15)21-17(18)10-14(19(21)23)12-20-11-13-6-2-1-3-7-13/h1-10,12,23H,11H2. The molecule has 2 heterocycles. The lowest BCUT2D eigenvalue weighted by molar-refractivity contribution is 0.104. The predicted molar refractivity (Wildman–Crippen MR) is 88.6 cm³/mol. The lowest BCUT2D eigenvalue weighted by atomic mass is 10.1. The molecule has 0 amide bonds. The maximum absolute atomic E-state index is 12.4. The molecule has 4 nitrogen and oxygen atoms in total. The molecule has 0 saturated heterocycles. The highest BCUT2D eigenvalue weighted by Gasteiger charge is 2.30. The Morgan fingerprint density at radius 3 is 2.61 bits per heavy atom. The zero-order valence-corrected chi connectivity index (χ0v) is 12.3. The Balaban J connectivity index is 1.67. The summed E-state index contributed by atoms with van der Waals surface area (Å²) in [4.78, 5) is 16.7. The number of rotatable bonds is 3. The number of aliphatic imine (C=N–C) groups is 1. The number of carbonyl (C=O) groups excluding carboxylic acids is 1. The summed E-state index contributed by atoms with van der Waals surface area (Å²) in [7, 11) is 0. The molecule has 0 aliphatic carbocycles. The van der Waals surface area contributed by atoms with Gasteiger partial charge in [0.2, 0.25) is 11.7 Å². The Labute approximate surface area is 133 Å². The summed E-state index contributed by atoms with van der Waals surface area (Å²) >= 11 is 0. The monoisotopic (exact) mass is 302 g/mol. The van der Waals surface area contributed by atoms with Gasteiger partial charge in [0.25, 0.3) is 0 Å². The second kappa shape index (κ2) is 5.25. The van der Waals surface area contributed by atoms with Gasteiger partial charge in [-0.25, -0.2) is 0 Å². The van der Waals surface area contributed by atoms with Crippen LogP contribution in [0, 0.1) is 0 Å². The quantitative estimate of drug-likeness (QED) is 0.590. The van der Waals surface area contributed by atoms with Gasteiger partial charge >= 0.3 is 0 Å². The van der Waals surface area contributed by atoms with Gasteiger partial charge in [-0.2, -0.15) is 0 Å². The fourth-order valence-corrected chi connectivity index (χ4v) is 2.86. The van der Waals surface area contributed by atoms with Crippen molar-refractivity contribution in [2.24, 2.45) is 4.99 Å². The van der Waals surface area contributed by atoms with E-state index in [9.17, 15) is 9.90 Å². The van der Waals surface area contributed by atoms with Crippen LogP contribution in [0.2, 0.25) is 0 Å². The lowest BCUT2D eigenvalue weighted by Crippen LogP contribution is -1.94. The number of benzene rings is 2. The first kappa shape index (κ1) is 13.5. The lowest BCUT2D eigenvalue weighted by Gasteiger charge is -2.03. The van der Waals surface area contributed by atoms with Crippen molar-refractivity contribution in [3.05, 3.63) is 83.0 Å². The van der Waals surface area contributed by atoms with Gasteiger partial charge in [0.1, 0.15) is 0 Å². The third kappa shape index (κ3) is 2.16. The minimum Gasteiger partial charge on any atom is -0.494 e. The van der Waals surface area contributed by atoms with Crippen molar-refractivity contribution in [1.29, 1.82) is 0 Å². The van der Waals surface area contributed by atoms with E-state index < -0.39 is 0 Å². The molecule has 4 rings (SSSR count). The van der Waals surface area contributed by atoms with Crippen LogP contribution in [-0.2, 0) is 6.54 Å². The fraction of sp³-hybridized carbons (Fsp3) is 0.0526. The minimum absolute atomic E-state index is 0.0510. The normalized spacial score (nSPS) is 12.6. The smallest absolute Gasteiger partial charge is 0.211 e. The number of aromatic nitrogens is 1. The molecule has 112 valence electrons. The zero-order valence-electron chi connectivity index (χ0n) is 12.3. The summed E-state index contributed by atoms with van der Waals surface area (Å²) in [5.74, 6) is -0.0197. The van der Waals surface area contributed by atoms with E-state index in [1.54, 1.807) is 22.9 Å². The van der Waals surface area contributed by atoms with E-state index in [-0.39, 0.29) is 11.7 Å². The Morgan fingerprint density at radius 1 is 1.04 bits per heavy atom. The first-order valence-electron chi connectivity index (χ1n) is 7.38. The molecule has 1 aromatic heterocycles. The van der Waals surface area contributed by atoms with E-state index in [1.807, 2.05) is 48.5 Å². The van der Waals surface area contributed by atoms with Crippen LogP contribution in [0.25, 0.3) is 5.69 Å². The van der Waals surface area contributed by atoms with Gasteiger partial charge in [-0.05, 0) is 23.8 Å². The Kier molecular flexibility index (Phi) is 3.08. The van der Waals surface area contributed by atoms with Gasteiger partial charge in [0, 0.05) is 11.8 Å². The van der Waals surface area contributed by atoms with E-state index in [2.05, 4.69) is 4.99 Å². The number of nitrogens with zero attached hydrogens (tertiary/aromatic N) is 2. The second-order valence-electron chi connectivity index (χ2n) is 5.45. The van der Waals surface area contributed by atoms with Crippen molar-refractivity contribution in [1.82, 2.24) is 4.57 Å². The number of para-hydroxylation sites is 1. The van der Waals surface area contributed by atoms with Gasteiger partial charge < -0.3 is 5.11 Å². The predicted octanol–water partition coefficient (Wildman–Crippen LogP) is 3.35. The van der Waals surface area contributed by atoms with Crippen LogP contribution < -0.4 is 0 Å². The van der Waals surface area contributed by atoms with Crippen molar-refractivity contribution in [2.45, 2.75) is 6.54 Å². The summed E-state index contributed by atoms with van der Waals surface area (Å²) in [5.41, 5.74) is 3.46. The molecule has 0 unspecified atom stereocenters. The SMILES string of the molecule is O=C1c2ccccc2-n2c1cc(C=NCc1ccccc1)c2O. The number of aromatic hydroxyl groups is 1. The van der Waals surface area contributed by atoms with Crippen LogP contribution in [0.5, 0.6) is 5.88 Å². The highest BCUT2D eigenvalue weighted by atomic mass is 16.3. The van der Waals surface area contributed by atoms with Crippen molar-refractivity contribution in [3.63, 3.8) is 0 Å². The summed E-state index contributed by atoms with van der Waals surface area (Å²) < 4.78 is 1.58. The molecule has 2 aromatic carbocycles. The van der Waals surface area contributed by atoms with Crippen LogP contribution in [0.4, 0.5) is 0 Å². The highest BCUT2D eigenvalue weighted by Crippen LogP contribution is 2.35. The van der Waals surface area contributed by atoms with Crippen LogP contribution in [0.15, 0.2) is 65.7 Å².